The molecule has 0 fully saturated rings. The zero-order chi connectivity index (χ0) is 15.8. The van der Waals surface area contributed by atoms with Gasteiger partial charge in [-0.3, -0.25) is 4.79 Å². The lowest BCUT2D eigenvalue weighted by Gasteiger charge is -2.19. The highest BCUT2D eigenvalue weighted by atomic mass is 16.4. The van der Waals surface area contributed by atoms with Gasteiger partial charge in [0.1, 0.15) is 0 Å². The van der Waals surface area contributed by atoms with Crippen molar-refractivity contribution in [2.75, 3.05) is 0 Å². The van der Waals surface area contributed by atoms with Crippen LogP contribution in [0.25, 0.3) is 0 Å². The van der Waals surface area contributed by atoms with Gasteiger partial charge in [-0.15, -0.1) is 0 Å². The van der Waals surface area contributed by atoms with Crippen LogP contribution >= 0.6 is 0 Å². The van der Waals surface area contributed by atoms with E-state index in [0.717, 1.165) is 11.1 Å². The summed E-state index contributed by atoms with van der Waals surface area (Å²) in [7, 11) is 0. The predicted molar refractivity (Wildman–Crippen MR) is 82.2 cm³/mol. The van der Waals surface area contributed by atoms with Crippen LogP contribution in [0.3, 0.4) is 0 Å². The largest absolute Gasteiger partial charge is 0.481 e. The van der Waals surface area contributed by atoms with Gasteiger partial charge in [-0.2, -0.15) is 0 Å². The fourth-order valence-corrected chi connectivity index (χ4v) is 2.24. The first-order chi connectivity index (χ1) is 9.90. The van der Waals surface area contributed by atoms with Crippen molar-refractivity contribution in [2.45, 2.75) is 52.1 Å². The predicted octanol–water partition coefficient (Wildman–Crippen LogP) is 3.00. The number of carboxylic acid groups (broad SMARTS) is 1. The molecular formula is C16H24N2O3. The number of amides is 2. The van der Waals surface area contributed by atoms with Crippen LogP contribution in [-0.2, 0) is 4.79 Å². The molecule has 2 atom stereocenters. The second-order valence-corrected chi connectivity index (χ2v) is 5.38. The van der Waals surface area contributed by atoms with E-state index in [2.05, 4.69) is 10.6 Å². The van der Waals surface area contributed by atoms with E-state index >= 15 is 0 Å². The summed E-state index contributed by atoms with van der Waals surface area (Å²) in [6.45, 7) is 5.83. The molecule has 0 aliphatic carbocycles. The Morgan fingerprint density at radius 3 is 2.48 bits per heavy atom. The lowest BCUT2D eigenvalue weighted by atomic mass is 10.0. The zero-order valence-corrected chi connectivity index (χ0v) is 12.8. The maximum atomic E-state index is 11.9. The van der Waals surface area contributed by atoms with Crippen LogP contribution in [0.4, 0.5) is 4.79 Å². The monoisotopic (exact) mass is 292 g/mol. The lowest BCUT2D eigenvalue weighted by molar-refractivity contribution is -0.137. The first-order valence-corrected chi connectivity index (χ1v) is 7.24. The Balaban J connectivity index is 2.39. The Morgan fingerprint density at radius 2 is 1.86 bits per heavy atom. The zero-order valence-electron chi connectivity index (χ0n) is 12.8. The molecule has 2 amide bonds. The van der Waals surface area contributed by atoms with Crippen molar-refractivity contribution in [3.8, 4) is 0 Å². The Hall–Kier alpha value is -2.04. The number of carbonyl (C=O) groups excluding carboxylic acids is 1. The van der Waals surface area contributed by atoms with Crippen molar-refractivity contribution in [3.05, 3.63) is 35.4 Å². The van der Waals surface area contributed by atoms with E-state index in [0.29, 0.717) is 12.8 Å². The molecule has 0 aliphatic heterocycles. The highest BCUT2D eigenvalue weighted by molar-refractivity contribution is 5.74. The molecule has 0 heterocycles. The third kappa shape index (κ3) is 6.29. The summed E-state index contributed by atoms with van der Waals surface area (Å²) in [5.41, 5.74) is 2.23. The minimum absolute atomic E-state index is 0.0478. The normalized spacial score (nSPS) is 13.3. The van der Waals surface area contributed by atoms with Gasteiger partial charge in [0.25, 0.3) is 0 Å². The number of hydrogen-bond acceptors (Lipinski definition) is 2. The number of aliphatic carboxylic acids is 1. The lowest BCUT2D eigenvalue weighted by Crippen LogP contribution is -2.41. The molecule has 1 rings (SSSR count). The van der Waals surface area contributed by atoms with Crippen LogP contribution in [-0.4, -0.2) is 23.1 Å². The standard InChI is InChI=1S/C16H24N2O3/c1-11-7-4-5-9-14(11)13(3)18-16(21)17-12(2)8-6-10-15(19)20/h4-5,7,9,12-13H,6,8,10H2,1-3H3,(H,19,20)(H2,17,18,21). The number of hydrogen-bond donors (Lipinski definition) is 3. The molecular weight excluding hydrogens is 268 g/mol. The van der Waals surface area contributed by atoms with E-state index in [1.807, 2.05) is 45.0 Å². The van der Waals surface area contributed by atoms with E-state index in [4.69, 9.17) is 5.11 Å². The highest BCUT2D eigenvalue weighted by Crippen LogP contribution is 2.16. The third-order valence-electron chi connectivity index (χ3n) is 3.41. The average molecular weight is 292 g/mol. The molecule has 0 saturated carbocycles. The molecule has 1 aromatic rings. The van der Waals surface area contributed by atoms with Crippen molar-refractivity contribution in [1.29, 1.82) is 0 Å². The number of urea groups is 1. The van der Waals surface area contributed by atoms with Crippen LogP contribution in [0.15, 0.2) is 24.3 Å². The molecule has 5 nitrogen and oxygen atoms in total. The summed E-state index contributed by atoms with van der Waals surface area (Å²) < 4.78 is 0. The van der Waals surface area contributed by atoms with Gasteiger partial charge in [-0.05, 0) is 44.7 Å². The number of nitrogens with one attached hydrogen (secondary N) is 2. The SMILES string of the molecule is Cc1ccccc1C(C)NC(=O)NC(C)CCCC(=O)O. The van der Waals surface area contributed by atoms with Crippen molar-refractivity contribution in [3.63, 3.8) is 0 Å². The average Bonchev–Trinajstić information content (AvgIpc) is 2.38. The van der Waals surface area contributed by atoms with E-state index in [1.165, 1.54) is 0 Å². The molecule has 0 radical (unpaired) electrons. The van der Waals surface area contributed by atoms with Crippen LogP contribution in [0.2, 0.25) is 0 Å². The highest BCUT2D eigenvalue weighted by Gasteiger charge is 2.13. The quantitative estimate of drug-likeness (QED) is 0.723. The van der Waals surface area contributed by atoms with Gasteiger partial charge in [-0.25, -0.2) is 4.79 Å². The molecule has 1 aromatic carbocycles. The molecule has 116 valence electrons. The van der Waals surface area contributed by atoms with Crippen LogP contribution in [0.5, 0.6) is 0 Å². The summed E-state index contributed by atoms with van der Waals surface area (Å²) in [6, 6.07) is 7.58. The van der Waals surface area contributed by atoms with Crippen LogP contribution < -0.4 is 10.6 Å². The molecule has 0 spiro atoms. The van der Waals surface area contributed by atoms with Gasteiger partial charge >= 0.3 is 12.0 Å². The maximum absolute atomic E-state index is 11.9. The molecule has 2 unspecified atom stereocenters. The van der Waals surface area contributed by atoms with Gasteiger partial charge in [0.05, 0.1) is 6.04 Å². The summed E-state index contributed by atoms with van der Waals surface area (Å²) in [5.74, 6) is -0.806. The number of carboxylic acids is 1. The van der Waals surface area contributed by atoms with Crippen molar-refractivity contribution in [2.24, 2.45) is 0 Å². The van der Waals surface area contributed by atoms with Crippen molar-refractivity contribution < 1.29 is 14.7 Å². The fraction of sp³-hybridized carbons (Fsp3) is 0.500. The molecule has 0 aliphatic rings. The Bertz CT molecular complexity index is 488. The number of carbonyl (C=O) groups is 2. The van der Waals surface area contributed by atoms with Crippen LogP contribution in [0.1, 0.15) is 50.3 Å². The van der Waals surface area contributed by atoms with Crippen molar-refractivity contribution in [1.82, 2.24) is 10.6 Å². The summed E-state index contributed by atoms with van der Waals surface area (Å²) in [4.78, 5) is 22.3. The minimum atomic E-state index is -0.806. The minimum Gasteiger partial charge on any atom is -0.481 e. The number of rotatable bonds is 7. The second-order valence-electron chi connectivity index (χ2n) is 5.38. The molecule has 5 heteroatoms. The number of benzene rings is 1. The van der Waals surface area contributed by atoms with Crippen LogP contribution in [0, 0.1) is 6.92 Å². The Labute approximate surface area is 125 Å². The first-order valence-electron chi connectivity index (χ1n) is 7.24. The van der Waals surface area contributed by atoms with E-state index in [1.54, 1.807) is 0 Å². The molecule has 21 heavy (non-hydrogen) atoms. The number of aryl methyl sites for hydroxylation is 1. The third-order valence-corrected chi connectivity index (χ3v) is 3.41. The van der Waals surface area contributed by atoms with Gasteiger partial charge in [0.2, 0.25) is 0 Å². The van der Waals surface area contributed by atoms with E-state index < -0.39 is 5.97 Å². The van der Waals surface area contributed by atoms with E-state index in [9.17, 15) is 9.59 Å². The van der Waals surface area contributed by atoms with Gasteiger partial charge < -0.3 is 15.7 Å². The van der Waals surface area contributed by atoms with Gasteiger partial charge in [-0.1, -0.05) is 24.3 Å². The second kappa shape index (κ2) is 8.29. The summed E-state index contributed by atoms with van der Waals surface area (Å²) in [6.07, 6.45) is 1.34. The molecule has 0 bridgehead atoms. The fourth-order valence-electron chi connectivity index (χ4n) is 2.24. The van der Waals surface area contributed by atoms with Crippen molar-refractivity contribution >= 4 is 12.0 Å². The summed E-state index contributed by atoms with van der Waals surface area (Å²) in [5, 5.41) is 14.3. The summed E-state index contributed by atoms with van der Waals surface area (Å²) >= 11 is 0. The maximum Gasteiger partial charge on any atom is 0.315 e. The molecule has 0 saturated heterocycles. The topological polar surface area (TPSA) is 78.4 Å². The Kier molecular flexibility index (Phi) is 6.72. The Morgan fingerprint density at radius 1 is 1.19 bits per heavy atom. The van der Waals surface area contributed by atoms with Gasteiger partial charge in [0, 0.05) is 12.5 Å². The van der Waals surface area contributed by atoms with Gasteiger partial charge in [0.15, 0.2) is 0 Å². The molecule has 0 aromatic heterocycles. The van der Waals surface area contributed by atoms with E-state index in [-0.39, 0.29) is 24.5 Å². The first kappa shape index (κ1) is 17.0. The molecule has 3 N–H and O–H groups in total. The smallest absolute Gasteiger partial charge is 0.315 e.